The van der Waals surface area contributed by atoms with Gasteiger partial charge in [-0.3, -0.25) is 9.59 Å². The molecule has 4 rings (SSSR count). The highest BCUT2D eigenvalue weighted by Crippen LogP contribution is 2.37. The van der Waals surface area contributed by atoms with Crippen LogP contribution in [0.3, 0.4) is 0 Å². The Bertz CT molecular complexity index is 1260. The number of benzene rings is 2. The summed E-state index contributed by atoms with van der Waals surface area (Å²) in [5.74, 6) is 0.593. The van der Waals surface area contributed by atoms with E-state index in [-0.39, 0.29) is 11.8 Å². The summed E-state index contributed by atoms with van der Waals surface area (Å²) in [6.45, 7) is 9.54. The van der Waals surface area contributed by atoms with Crippen molar-refractivity contribution in [2.24, 2.45) is 0 Å². The highest BCUT2D eigenvalue weighted by atomic mass is 32.1. The molecule has 1 aliphatic rings. The van der Waals surface area contributed by atoms with Gasteiger partial charge >= 0.3 is 0 Å². The van der Waals surface area contributed by atoms with Gasteiger partial charge in [0.05, 0.1) is 18.2 Å². The van der Waals surface area contributed by atoms with Crippen molar-refractivity contribution >= 4 is 40.5 Å². The summed E-state index contributed by atoms with van der Waals surface area (Å²) in [6.07, 6.45) is 1.87. The molecule has 0 fully saturated rings. The zero-order valence-corrected chi connectivity index (χ0v) is 21.4. The number of thiophene rings is 1. The van der Waals surface area contributed by atoms with Crippen LogP contribution in [0.5, 0.6) is 5.75 Å². The largest absolute Gasteiger partial charge is 0.497 e. The van der Waals surface area contributed by atoms with E-state index in [0.717, 1.165) is 57.5 Å². The number of carbonyl (C=O) groups excluding carboxylic acids is 2. The first kappa shape index (κ1) is 24.7. The molecular weight excluding hydrogens is 458 g/mol. The van der Waals surface area contributed by atoms with Gasteiger partial charge in [0.25, 0.3) is 11.8 Å². The topological polar surface area (TPSA) is 70.7 Å². The van der Waals surface area contributed by atoms with E-state index >= 15 is 0 Å². The van der Waals surface area contributed by atoms with Crippen LogP contribution in [0.2, 0.25) is 0 Å². The first-order valence-corrected chi connectivity index (χ1v) is 12.7. The SMILES string of the molecule is CCN(CC)CCNC(=O)c1cc(/C=C2\C(=O)Nc3cc(-c4ccc(OC)cc4)ccc32)sc1C. The van der Waals surface area contributed by atoms with Gasteiger partial charge in [-0.15, -0.1) is 11.3 Å². The summed E-state index contributed by atoms with van der Waals surface area (Å²) in [6, 6.07) is 15.7. The summed E-state index contributed by atoms with van der Waals surface area (Å²) in [4.78, 5) is 29.6. The minimum absolute atomic E-state index is 0.0732. The second-order valence-electron chi connectivity index (χ2n) is 8.40. The first-order chi connectivity index (χ1) is 16.9. The van der Waals surface area contributed by atoms with Gasteiger partial charge in [0.2, 0.25) is 0 Å². The number of carbonyl (C=O) groups is 2. The van der Waals surface area contributed by atoms with Crippen LogP contribution in [0.4, 0.5) is 5.69 Å². The quantitative estimate of drug-likeness (QED) is 0.401. The first-order valence-electron chi connectivity index (χ1n) is 11.9. The van der Waals surface area contributed by atoms with Crippen molar-refractivity contribution < 1.29 is 14.3 Å². The van der Waals surface area contributed by atoms with Crippen molar-refractivity contribution in [3.05, 3.63) is 69.4 Å². The van der Waals surface area contributed by atoms with Crippen molar-refractivity contribution in [1.29, 1.82) is 0 Å². The van der Waals surface area contributed by atoms with Gasteiger partial charge in [-0.1, -0.05) is 38.1 Å². The number of amides is 2. The van der Waals surface area contributed by atoms with Gasteiger partial charge in [0.15, 0.2) is 0 Å². The summed E-state index contributed by atoms with van der Waals surface area (Å²) in [5.41, 5.74) is 4.99. The lowest BCUT2D eigenvalue weighted by Crippen LogP contribution is -2.34. The predicted molar refractivity (Wildman–Crippen MR) is 144 cm³/mol. The lowest BCUT2D eigenvalue weighted by atomic mass is 10.00. The molecule has 2 heterocycles. The molecular formula is C28H31N3O3S. The third-order valence-electron chi connectivity index (χ3n) is 6.30. The molecule has 2 aromatic carbocycles. The molecule has 0 radical (unpaired) electrons. The molecule has 182 valence electrons. The van der Waals surface area contributed by atoms with E-state index in [1.54, 1.807) is 7.11 Å². The molecule has 0 saturated carbocycles. The van der Waals surface area contributed by atoms with Gasteiger partial charge in [0.1, 0.15) is 5.75 Å². The fourth-order valence-electron chi connectivity index (χ4n) is 4.21. The number of nitrogens with zero attached hydrogens (tertiary/aromatic N) is 1. The zero-order valence-electron chi connectivity index (χ0n) is 20.6. The maximum atomic E-state index is 12.8. The molecule has 1 aliphatic heterocycles. The Balaban J connectivity index is 1.52. The van der Waals surface area contributed by atoms with E-state index in [1.807, 2.05) is 61.5 Å². The third kappa shape index (κ3) is 5.47. The number of likely N-dealkylation sites (N-methyl/N-ethyl adjacent to an activating group) is 1. The second-order valence-corrected chi connectivity index (χ2v) is 9.69. The van der Waals surface area contributed by atoms with Gasteiger partial charge in [-0.2, -0.15) is 0 Å². The molecule has 6 nitrogen and oxygen atoms in total. The van der Waals surface area contributed by atoms with Crippen molar-refractivity contribution in [2.45, 2.75) is 20.8 Å². The molecule has 3 aromatic rings. The molecule has 0 atom stereocenters. The molecule has 35 heavy (non-hydrogen) atoms. The van der Waals surface area contributed by atoms with Crippen molar-refractivity contribution in [1.82, 2.24) is 10.2 Å². The number of methoxy groups -OCH3 is 1. The zero-order chi connectivity index (χ0) is 24.9. The summed E-state index contributed by atoms with van der Waals surface area (Å²) in [7, 11) is 1.64. The Labute approximate surface area is 210 Å². The van der Waals surface area contributed by atoms with Crippen molar-refractivity contribution in [3.63, 3.8) is 0 Å². The lowest BCUT2D eigenvalue weighted by molar-refractivity contribution is -0.110. The third-order valence-corrected chi connectivity index (χ3v) is 7.30. The van der Waals surface area contributed by atoms with Crippen molar-refractivity contribution in [2.75, 3.05) is 38.6 Å². The highest BCUT2D eigenvalue weighted by molar-refractivity contribution is 7.13. The smallest absolute Gasteiger partial charge is 0.256 e. The van der Waals surface area contributed by atoms with Crippen LogP contribution in [-0.2, 0) is 4.79 Å². The van der Waals surface area contributed by atoms with Crippen LogP contribution in [0.25, 0.3) is 22.8 Å². The normalized spacial score (nSPS) is 13.7. The number of anilines is 1. The molecule has 2 N–H and O–H groups in total. The van der Waals surface area contributed by atoms with Crippen LogP contribution in [0, 0.1) is 6.92 Å². The number of rotatable bonds is 9. The molecule has 0 spiro atoms. The summed E-state index contributed by atoms with van der Waals surface area (Å²) in [5, 5.41) is 6.00. The lowest BCUT2D eigenvalue weighted by Gasteiger charge is -2.17. The molecule has 0 bridgehead atoms. The van der Waals surface area contributed by atoms with Gasteiger partial charge in [0, 0.05) is 34.1 Å². The molecule has 0 aliphatic carbocycles. The molecule has 0 unspecified atom stereocenters. The number of aryl methyl sites for hydroxylation is 1. The minimum Gasteiger partial charge on any atom is -0.497 e. The number of ether oxygens (including phenoxy) is 1. The van der Waals surface area contributed by atoms with Crippen LogP contribution in [0.15, 0.2) is 48.5 Å². The molecule has 1 aromatic heterocycles. The molecule has 7 heteroatoms. The highest BCUT2D eigenvalue weighted by Gasteiger charge is 2.25. The van der Waals surface area contributed by atoms with Gasteiger partial charge < -0.3 is 20.3 Å². The predicted octanol–water partition coefficient (Wildman–Crippen LogP) is 5.30. The number of fused-ring (bicyclic) bond motifs is 1. The van der Waals surface area contributed by atoms with E-state index in [2.05, 4.69) is 29.4 Å². The van der Waals surface area contributed by atoms with Crippen molar-refractivity contribution in [3.8, 4) is 16.9 Å². The Kier molecular flexibility index (Phi) is 7.68. The maximum Gasteiger partial charge on any atom is 0.256 e. The van der Waals surface area contributed by atoms with E-state index < -0.39 is 0 Å². The minimum atomic E-state index is -0.136. The number of hydrogen-bond donors (Lipinski definition) is 2. The average Bonchev–Trinajstić information content (AvgIpc) is 3.40. The van der Waals surface area contributed by atoms with E-state index in [1.165, 1.54) is 11.3 Å². The fourth-order valence-corrected chi connectivity index (χ4v) is 5.18. The Morgan fingerprint density at radius 3 is 2.49 bits per heavy atom. The van der Waals surface area contributed by atoms with Crippen LogP contribution in [-0.4, -0.2) is 50.0 Å². The Hall–Kier alpha value is -3.42. The fraction of sp³-hybridized carbons (Fsp3) is 0.286. The van der Waals surface area contributed by atoms with E-state index in [4.69, 9.17) is 4.74 Å². The average molecular weight is 490 g/mol. The number of nitrogens with one attached hydrogen (secondary N) is 2. The van der Waals surface area contributed by atoms with Gasteiger partial charge in [-0.25, -0.2) is 0 Å². The maximum absolute atomic E-state index is 12.8. The molecule has 0 saturated heterocycles. The van der Waals surface area contributed by atoms with Gasteiger partial charge in [-0.05, 0) is 61.5 Å². The number of hydrogen-bond acceptors (Lipinski definition) is 5. The standard InChI is InChI=1S/C28H31N3O3S/c1-5-31(6-2)14-13-29-27(32)24-16-22(35-18(24)3)17-25-23-12-9-20(15-26(23)30-28(25)33)19-7-10-21(34-4)11-8-19/h7-12,15-17H,5-6,13-14H2,1-4H3,(H,29,32)(H,30,33)/b25-17-. The second kappa shape index (κ2) is 10.9. The van der Waals surface area contributed by atoms with Crippen LogP contribution < -0.4 is 15.4 Å². The monoisotopic (exact) mass is 489 g/mol. The van der Waals surface area contributed by atoms with E-state index in [0.29, 0.717) is 17.7 Å². The molecule has 2 amide bonds. The van der Waals surface area contributed by atoms with E-state index in [9.17, 15) is 9.59 Å². The summed E-state index contributed by atoms with van der Waals surface area (Å²) < 4.78 is 5.24. The Morgan fingerprint density at radius 2 is 1.80 bits per heavy atom. The summed E-state index contributed by atoms with van der Waals surface area (Å²) >= 11 is 1.52. The van der Waals surface area contributed by atoms with Crippen LogP contribution in [0.1, 0.15) is 39.5 Å². The Morgan fingerprint density at radius 1 is 1.09 bits per heavy atom. The van der Waals surface area contributed by atoms with Crippen LogP contribution >= 0.6 is 11.3 Å².